The molecule has 0 radical (unpaired) electrons. The zero-order valence-electron chi connectivity index (χ0n) is 9.75. The monoisotopic (exact) mass is 222 g/mol. The molecule has 0 spiro atoms. The molecule has 0 amide bonds. The number of rotatable bonds is 1. The number of anilines is 1. The first kappa shape index (κ1) is 10.1. The van der Waals surface area contributed by atoms with Gasteiger partial charge in [0.15, 0.2) is 0 Å². The molecule has 1 unspecified atom stereocenters. The molecule has 2 heteroatoms. The van der Waals surface area contributed by atoms with Crippen molar-refractivity contribution in [3.05, 3.63) is 65.7 Å². The van der Waals surface area contributed by atoms with Crippen LogP contribution in [0, 0.1) is 0 Å². The van der Waals surface area contributed by atoms with Gasteiger partial charge in [0.1, 0.15) is 0 Å². The van der Waals surface area contributed by atoms with Crippen LogP contribution in [0.4, 0.5) is 5.69 Å². The Hall–Kier alpha value is -2.09. The van der Waals surface area contributed by atoms with Crippen LogP contribution in [0.2, 0.25) is 0 Å². The smallest absolute Gasteiger partial charge is 0.0632 e. The maximum absolute atomic E-state index is 4.44. The van der Waals surface area contributed by atoms with Gasteiger partial charge in [0.05, 0.1) is 5.69 Å². The fourth-order valence-corrected chi connectivity index (χ4v) is 2.28. The SMILES string of the molecule is CN1N=CC(c2ccccc2)c2ccccc21. The Labute approximate surface area is 101 Å². The first-order chi connectivity index (χ1) is 8.36. The molecule has 1 aliphatic rings. The van der Waals surface area contributed by atoms with E-state index in [1.165, 1.54) is 16.8 Å². The van der Waals surface area contributed by atoms with Crippen molar-refractivity contribution in [2.45, 2.75) is 5.92 Å². The maximum atomic E-state index is 4.44. The third-order valence-corrected chi connectivity index (χ3v) is 3.17. The van der Waals surface area contributed by atoms with E-state index in [-0.39, 0.29) is 5.92 Å². The standard InChI is InChI=1S/C15H14N2/c1-17-15-10-6-5-9-13(15)14(11-16-17)12-7-3-2-4-8-12/h2-11,14H,1H3. The number of hydrazone groups is 1. The zero-order chi connectivity index (χ0) is 11.7. The van der Waals surface area contributed by atoms with Gasteiger partial charge in [-0.25, -0.2) is 0 Å². The lowest BCUT2D eigenvalue weighted by atomic mass is 9.90. The summed E-state index contributed by atoms with van der Waals surface area (Å²) in [5, 5.41) is 6.36. The largest absolute Gasteiger partial charge is 0.269 e. The lowest BCUT2D eigenvalue weighted by Crippen LogP contribution is -2.20. The fourth-order valence-electron chi connectivity index (χ4n) is 2.28. The van der Waals surface area contributed by atoms with Gasteiger partial charge in [0, 0.05) is 19.2 Å². The molecule has 1 atom stereocenters. The van der Waals surface area contributed by atoms with Crippen molar-refractivity contribution in [1.82, 2.24) is 0 Å². The van der Waals surface area contributed by atoms with E-state index in [0.717, 1.165) is 0 Å². The molecule has 2 nitrogen and oxygen atoms in total. The van der Waals surface area contributed by atoms with Gasteiger partial charge >= 0.3 is 0 Å². The van der Waals surface area contributed by atoms with E-state index in [4.69, 9.17) is 0 Å². The van der Waals surface area contributed by atoms with Gasteiger partial charge in [0.25, 0.3) is 0 Å². The van der Waals surface area contributed by atoms with Crippen molar-refractivity contribution < 1.29 is 0 Å². The average molecular weight is 222 g/mol. The molecular weight excluding hydrogens is 208 g/mol. The quantitative estimate of drug-likeness (QED) is 0.723. The minimum atomic E-state index is 0.267. The van der Waals surface area contributed by atoms with Gasteiger partial charge in [0.2, 0.25) is 0 Å². The minimum absolute atomic E-state index is 0.267. The van der Waals surface area contributed by atoms with Gasteiger partial charge < -0.3 is 0 Å². The summed E-state index contributed by atoms with van der Waals surface area (Å²) in [7, 11) is 1.98. The predicted molar refractivity (Wildman–Crippen MR) is 71.6 cm³/mol. The van der Waals surface area contributed by atoms with Crippen molar-refractivity contribution in [3.63, 3.8) is 0 Å². The highest BCUT2D eigenvalue weighted by atomic mass is 15.4. The van der Waals surface area contributed by atoms with Crippen molar-refractivity contribution in [1.29, 1.82) is 0 Å². The van der Waals surface area contributed by atoms with Gasteiger partial charge in [-0.05, 0) is 17.2 Å². The van der Waals surface area contributed by atoms with Crippen LogP contribution in [0.25, 0.3) is 0 Å². The lowest BCUT2D eigenvalue weighted by molar-refractivity contribution is 0.936. The van der Waals surface area contributed by atoms with Crippen LogP contribution in [-0.2, 0) is 0 Å². The van der Waals surface area contributed by atoms with E-state index in [0.29, 0.717) is 0 Å². The third kappa shape index (κ3) is 1.72. The van der Waals surface area contributed by atoms with Crippen LogP contribution < -0.4 is 5.01 Å². The van der Waals surface area contributed by atoms with Crippen LogP contribution in [0.5, 0.6) is 0 Å². The van der Waals surface area contributed by atoms with E-state index in [2.05, 4.69) is 53.6 Å². The summed E-state index contributed by atoms with van der Waals surface area (Å²) in [5.74, 6) is 0.267. The third-order valence-electron chi connectivity index (χ3n) is 3.17. The molecule has 84 valence electrons. The summed E-state index contributed by atoms with van der Waals surface area (Å²) in [6.45, 7) is 0. The summed E-state index contributed by atoms with van der Waals surface area (Å²) < 4.78 is 0. The van der Waals surface area contributed by atoms with Gasteiger partial charge in [-0.15, -0.1) is 0 Å². The highest BCUT2D eigenvalue weighted by molar-refractivity contribution is 5.80. The van der Waals surface area contributed by atoms with E-state index >= 15 is 0 Å². The van der Waals surface area contributed by atoms with Gasteiger partial charge in [-0.3, -0.25) is 5.01 Å². The molecule has 0 saturated carbocycles. The molecule has 0 N–H and O–H groups in total. The maximum Gasteiger partial charge on any atom is 0.0632 e. The second-order valence-electron chi connectivity index (χ2n) is 4.24. The fraction of sp³-hybridized carbons (Fsp3) is 0.133. The zero-order valence-corrected chi connectivity index (χ0v) is 9.75. The van der Waals surface area contributed by atoms with Crippen LogP contribution in [0.15, 0.2) is 59.7 Å². The van der Waals surface area contributed by atoms with E-state index in [1.54, 1.807) is 0 Å². The van der Waals surface area contributed by atoms with Crippen molar-refractivity contribution in [2.75, 3.05) is 12.1 Å². The van der Waals surface area contributed by atoms with Gasteiger partial charge in [-0.1, -0.05) is 48.5 Å². The van der Waals surface area contributed by atoms with E-state index in [9.17, 15) is 0 Å². The molecule has 1 heterocycles. The first-order valence-corrected chi connectivity index (χ1v) is 5.78. The topological polar surface area (TPSA) is 15.6 Å². The lowest BCUT2D eigenvalue weighted by Gasteiger charge is -2.26. The number of fused-ring (bicyclic) bond motifs is 1. The first-order valence-electron chi connectivity index (χ1n) is 5.78. The Bertz CT molecular complexity index is 546. The van der Waals surface area contributed by atoms with Crippen LogP contribution in [0.1, 0.15) is 17.0 Å². The summed E-state index contributed by atoms with van der Waals surface area (Å²) in [6, 6.07) is 18.9. The van der Waals surface area contributed by atoms with Crippen molar-refractivity contribution >= 4 is 11.9 Å². The number of benzene rings is 2. The Morgan fingerprint density at radius 2 is 1.65 bits per heavy atom. The molecule has 1 aliphatic heterocycles. The molecule has 2 aromatic rings. The highest BCUT2D eigenvalue weighted by Crippen LogP contribution is 2.33. The second-order valence-corrected chi connectivity index (χ2v) is 4.24. The summed E-state index contributed by atoms with van der Waals surface area (Å²) in [4.78, 5) is 0. The number of hydrogen-bond acceptors (Lipinski definition) is 2. The Balaban J connectivity index is 2.11. The molecule has 2 aromatic carbocycles. The Kier molecular flexibility index (Phi) is 2.41. The van der Waals surface area contributed by atoms with E-state index in [1.807, 2.05) is 24.3 Å². The summed E-state index contributed by atoms with van der Waals surface area (Å²) >= 11 is 0. The van der Waals surface area contributed by atoms with Crippen LogP contribution in [-0.4, -0.2) is 13.3 Å². The van der Waals surface area contributed by atoms with Gasteiger partial charge in [-0.2, -0.15) is 5.10 Å². The second kappa shape index (κ2) is 4.06. The number of hydrogen-bond donors (Lipinski definition) is 0. The molecule has 0 aliphatic carbocycles. The van der Waals surface area contributed by atoms with Crippen molar-refractivity contribution in [3.8, 4) is 0 Å². The predicted octanol–water partition coefficient (Wildman–Crippen LogP) is 3.25. The van der Waals surface area contributed by atoms with E-state index < -0.39 is 0 Å². The molecular formula is C15H14N2. The van der Waals surface area contributed by atoms with Crippen LogP contribution in [0.3, 0.4) is 0 Å². The van der Waals surface area contributed by atoms with Crippen LogP contribution >= 0.6 is 0 Å². The Morgan fingerprint density at radius 1 is 0.941 bits per heavy atom. The number of para-hydroxylation sites is 1. The van der Waals surface area contributed by atoms with Crippen molar-refractivity contribution in [2.24, 2.45) is 5.10 Å². The summed E-state index contributed by atoms with van der Waals surface area (Å²) in [5.41, 5.74) is 3.79. The summed E-state index contributed by atoms with van der Waals surface area (Å²) in [6.07, 6.45) is 2.01. The molecule has 0 bridgehead atoms. The number of nitrogens with zero attached hydrogens (tertiary/aromatic N) is 2. The average Bonchev–Trinajstić information content (AvgIpc) is 2.41. The molecule has 3 rings (SSSR count). The molecule has 0 fully saturated rings. The molecule has 0 saturated heterocycles. The Morgan fingerprint density at radius 3 is 2.47 bits per heavy atom. The molecule has 0 aromatic heterocycles. The highest BCUT2D eigenvalue weighted by Gasteiger charge is 2.20. The minimum Gasteiger partial charge on any atom is -0.269 e. The molecule has 17 heavy (non-hydrogen) atoms. The normalized spacial score (nSPS) is 17.9.